The molecule has 1 unspecified atom stereocenters. The number of halogens is 7. The Hall–Kier alpha value is -4.08. The predicted octanol–water partition coefficient (Wildman–Crippen LogP) is 6.99. The van der Waals surface area contributed by atoms with E-state index in [1.807, 2.05) is 6.92 Å². The molecular weight excluding hydrogens is 569 g/mol. The molecule has 1 atom stereocenters. The van der Waals surface area contributed by atoms with Gasteiger partial charge in [0.2, 0.25) is 5.60 Å². The quantitative estimate of drug-likeness (QED) is 0.157. The normalized spacial score (nSPS) is 15.7. The van der Waals surface area contributed by atoms with Crippen molar-refractivity contribution in [3.05, 3.63) is 94.3 Å². The van der Waals surface area contributed by atoms with E-state index in [0.717, 1.165) is 24.8 Å². The molecule has 1 aliphatic rings. The fourth-order valence-electron chi connectivity index (χ4n) is 4.57. The fourth-order valence-corrected chi connectivity index (χ4v) is 4.57. The minimum absolute atomic E-state index is 0.142. The van der Waals surface area contributed by atoms with E-state index >= 15 is 0 Å². The van der Waals surface area contributed by atoms with E-state index in [2.05, 4.69) is 27.5 Å². The summed E-state index contributed by atoms with van der Waals surface area (Å²) >= 11 is 0. The highest BCUT2D eigenvalue weighted by molar-refractivity contribution is 6.00. The lowest BCUT2D eigenvalue weighted by molar-refractivity contribution is -0.138. The van der Waals surface area contributed by atoms with Crippen LogP contribution in [0.15, 0.2) is 60.7 Å². The molecule has 0 heterocycles. The third kappa shape index (κ3) is 6.86. The Balaban J connectivity index is 1.74. The van der Waals surface area contributed by atoms with Crippen LogP contribution in [-0.4, -0.2) is 23.7 Å². The molecule has 3 aromatic rings. The van der Waals surface area contributed by atoms with Gasteiger partial charge in [0.1, 0.15) is 5.82 Å². The van der Waals surface area contributed by atoms with Crippen LogP contribution in [0.4, 0.5) is 42.1 Å². The summed E-state index contributed by atoms with van der Waals surface area (Å²) in [6.45, 7) is 1.82. The molecule has 12 heteroatoms. The van der Waals surface area contributed by atoms with Gasteiger partial charge in [0.25, 0.3) is 5.91 Å². The van der Waals surface area contributed by atoms with Crippen LogP contribution >= 0.6 is 0 Å². The van der Waals surface area contributed by atoms with Crippen LogP contribution in [0.25, 0.3) is 0 Å². The first-order valence-electron chi connectivity index (χ1n) is 12.6. The van der Waals surface area contributed by atoms with Gasteiger partial charge in [-0.15, -0.1) is 0 Å². The summed E-state index contributed by atoms with van der Waals surface area (Å²) in [4.78, 5) is 18.0. The van der Waals surface area contributed by atoms with E-state index in [4.69, 9.17) is 0 Å². The highest BCUT2D eigenvalue weighted by Crippen LogP contribution is 2.55. The topological polar surface area (TPSA) is 70.6 Å². The Morgan fingerprint density at radius 1 is 0.976 bits per heavy atom. The minimum Gasteiger partial charge on any atom is -0.369 e. The van der Waals surface area contributed by atoms with Crippen molar-refractivity contribution >= 4 is 17.3 Å². The zero-order valence-corrected chi connectivity index (χ0v) is 22.3. The summed E-state index contributed by atoms with van der Waals surface area (Å²) in [5.74, 6) is 2.92. The molecule has 1 fully saturated rings. The molecule has 0 saturated heterocycles. The largest absolute Gasteiger partial charge is 0.418 e. The number of benzene rings is 3. The maximum absolute atomic E-state index is 14.9. The van der Waals surface area contributed by atoms with Gasteiger partial charge < -0.3 is 10.4 Å². The SMILES string of the molecule is CONc1ccc(NC(=O)C(O)(C#Cc2ccc(C)cc2)CC2(c3cc(C(F)(F)F)ccc3F)CC2)cc1C(F)(F)F. The van der Waals surface area contributed by atoms with Gasteiger partial charge in [0.15, 0.2) is 0 Å². The predicted molar refractivity (Wildman–Crippen MR) is 141 cm³/mol. The van der Waals surface area contributed by atoms with Crippen LogP contribution in [0, 0.1) is 24.6 Å². The average Bonchev–Trinajstić information content (AvgIpc) is 3.68. The van der Waals surface area contributed by atoms with E-state index in [9.17, 15) is 40.6 Å². The van der Waals surface area contributed by atoms with E-state index in [0.29, 0.717) is 29.8 Å². The van der Waals surface area contributed by atoms with Crippen molar-refractivity contribution in [3.63, 3.8) is 0 Å². The number of alkyl halides is 6. The van der Waals surface area contributed by atoms with Crippen LogP contribution in [0.3, 0.4) is 0 Å². The van der Waals surface area contributed by atoms with Crippen LogP contribution in [0.2, 0.25) is 0 Å². The molecule has 5 nitrogen and oxygen atoms in total. The lowest BCUT2D eigenvalue weighted by Crippen LogP contribution is -2.44. The van der Waals surface area contributed by atoms with Gasteiger partial charge in [0.05, 0.1) is 23.9 Å². The highest BCUT2D eigenvalue weighted by Gasteiger charge is 2.54. The summed E-state index contributed by atoms with van der Waals surface area (Å²) in [5, 5.41) is 13.8. The van der Waals surface area contributed by atoms with E-state index < -0.39 is 58.3 Å². The molecule has 42 heavy (non-hydrogen) atoms. The summed E-state index contributed by atoms with van der Waals surface area (Å²) < 4.78 is 96.0. The van der Waals surface area contributed by atoms with Crippen LogP contribution < -0.4 is 10.8 Å². The number of hydrogen-bond acceptors (Lipinski definition) is 4. The second-order valence-corrected chi connectivity index (χ2v) is 10.1. The Labute approximate surface area is 236 Å². The second-order valence-electron chi connectivity index (χ2n) is 10.1. The van der Waals surface area contributed by atoms with Gasteiger partial charge in [-0.25, -0.2) is 4.39 Å². The number of anilines is 2. The fraction of sp³-hybridized carbons (Fsp3) is 0.300. The molecule has 3 aromatic carbocycles. The summed E-state index contributed by atoms with van der Waals surface area (Å²) in [5.41, 5.74) is -4.03. The number of nitrogens with one attached hydrogen (secondary N) is 2. The lowest BCUT2D eigenvalue weighted by atomic mass is 9.81. The number of carbonyl (C=O) groups is 1. The Morgan fingerprint density at radius 2 is 1.64 bits per heavy atom. The molecular formula is C30H25F7N2O3. The zero-order chi connectivity index (χ0) is 30.9. The number of aliphatic hydroxyl groups is 1. The second kappa shape index (κ2) is 11.3. The first-order chi connectivity index (χ1) is 19.6. The molecule has 0 radical (unpaired) electrons. The molecule has 0 bridgehead atoms. The van der Waals surface area contributed by atoms with E-state index in [-0.39, 0.29) is 24.1 Å². The summed E-state index contributed by atoms with van der Waals surface area (Å²) in [6, 6.07) is 11.3. The van der Waals surface area contributed by atoms with Crippen molar-refractivity contribution in [2.75, 3.05) is 17.9 Å². The molecule has 3 N–H and O–H groups in total. The van der Waals surface area contributed by atoms with Crippen molar-refractivity contribution in [1.29, 1.82) is 0 Å². The maximum atomic E-state index is 14.9. The molecule has 1 amide bonds. The minimum atomic E-state index is -4.84. The molecule has 0 aromatic heterocycles. The lowest BCUT2D eigenvalue weighted by Gasteiger charge is -2.28. The Morgan fingerprint density at radius 3 is 2.21 bits per heavy atom. The van der Waals surface area contributed by atoms with Crippen LogP contribution in [0.1, 0.15) is 47.1 Å². The summed E-state index contributed by atoms with van der Waals surface area (Å²) in [6.07, 6.45) is -9.94. The number of rotatable bonds is 7. The van der Waals surface area contributed by atoms with Gasteiger partial charge in [-0.3, -0.25) is 15.1 Å². The summed E-state index contributed by atoms with van der Waals surface area (Å²) in [7, 11) is 1.11. The van der Waals surface area contributed by atoms with Gasteiger partial charge in [-0.1, -0.05) is 29.5 Å². The average molecular weight is 595 g/mol. The number of carbonyl (C=O) groups excluding carboxylic acids is 1. The highest BCUT2D eigenvalue weighted by atomic mass is 19.4. The van der Waals surface area contributed by atoms with E-state index in [1.165, 1.54) is 0 Å². The van der Waals surface area contributed by atoms with Gasteiger partial charge >= 0.3 is 12.4 Å². The third-order valence-corrected chi connectivity index (χ3v) is 6.95. The number of hydrogen-bond donors (Lipinski definition) is 3. The van der Waals surface area contributed by atoms with Gasteiger partial charge in [-0.05, 0) is 73.9 Å². The number of amides is 1. The molecule has 1 saturated carbocycles. The molecule has 222 valence electrons. The standard InChI is InChI=1S/C30H25F7N2O3/c1-18-3-5-19(6-4-18)11-12-28(41,17-27(13-14-27)22-15-20(29(32,33)34)7-9-24(22)31)26(40)38-21-8-10-25(39-42-2)23(16-21)30(35,36)37/h3-10,15-16,39,41H,13-14,17H2,1-2H3,(H,38,40). The van der Waals surface area contributed by atoms with Crippen LogP contribution in [0.5, 0.6) is 0 Å². The molecule has 0 spiro atoms. The molecule has 1 aliphatic carbocycles. The van der Waals surface area contributed by atoms with Crippen LogP contribution in [-0.2, 0) is 27.4 Å². The van der Waals surface area contributed by atoms with Gasteiger partial charge in [0, 0.05) is 23.1 Å². The first kappa shape index (κ1) is 30.9. The maximum Gasteiger partial charge on any atom is 0.418 e. The first-order valence-corrected chi connectivity index (χ1v) is 12.6. The van der Waals surface area contributed by atoms with Crippen molar-refractivity contribution in [1.82, 2.24) is 0 Å². The van der Waals surface area contributed by atoms with Crippen molar-refractivity contribution in [2.24, 2.45) is 0 Å². The zero-order valence-electron chi connectivity index (χ0n) is 22.3. The number of aryl methyl sites for hydroxylation is 1. The Kier molecular flexibility index (Phi) is 8.31. The third-order valence-electron chi connectivity index (χ3n) is 6.95. The van der Waals surface area contributed by atoms with Crippen molar-refractivity contribution in [2.45, 2.75) is 49.6 Å². The Bertz CT molecular complexity index is 1540. The van der Waals surface area contributed by atoms with Gasteiger partial charge in [-0.2, -0.15) is 26.3 Å². The monoisotopic (exact) mass is 594 g/mol. The smallest absolute Gasteiger partial charge is 0.369 e. The van der Waals surface area contributed by atoms with E-state index in [1.54, 1.807) is 24.3 Å². The van der Waals surface area contributed by atoms with Crippen molar-refractivity contribution < 1.29 is 45.5 Å². The molecule has 4 rings (SSSR count). The molecule has 0 aliphatic heterocycles. The van der Waals surface area contributed by atoms with Crippen molar-refractivity contribution in [3.8, 4) is 11.8 Å².